The van der Waals surface area contributed by atoms with Crippen molar-refractivity contribution in [2.45, 2.75) is 24.4 Å². The summed E-state index contributed by atoms with van der Waals surface area (Å²) in [6, 6.07) is 21.5. The minimum absolute atomic E-state index is 0.0402. The Labute approximate surface area is 316 Å². The van der Waals surface area contributed by atoms with Crippen molar-refractivity contribution in [3.05, 3.63) is 102 Å². The standard InChI is InChI=1S/C25H22F3N5O3.C14H11F3N2O/c26-25(27,28)17-4-1-3-16(13-17)18-7-8-19-22(29-18)33(10-12-35-19)23(34)31-20-5-2-6-21(30-20)32-14-24(15-32)9-11-36-24;15-14(16,17)10-3-1-2-9(8-10)11-4-5-12-13(19-11)18-6-7-20-12/h1-8,13H,9-12,14-15H2,(H,30,31,34);1-5,8H,6-7H2,(H,18,19). The number of carbonyl (C=O) groups is 1. The average molecular weight is 778 g/mol. The number of urea groups is 1. The molecule has 2 aromatic carbocycles. The summed E-state index contributed by atoms with van der Waals surface area (Å²) in [6.45, 7) is 4.01. The molecule has 1 spiro atoms. The lowest BCUT2D eigenvalue weighted by atomic mass is 9.86. The topological polar surface area (TPSA) is 114 Å². The Morgan fingerprint density at radius 1 is 0.732 bits per heavy atom. The normalized spacial score (nSPS) is 16.7. The molecule has 3 aromatic heterocycles. The van der Waals surface area contributed by atoms with Crippen molar-refractivity contribution in [2.75, 3.05) is 66.4 Å². The maximum atomic E-state index is 13.2. The van der Waals surface area contributed by atoms with Crippen LogP contribution in [-0.2, 0) is 17.1 Å². The lowest BCUT2D eigenvalue weighted by molar-refractivity contribution is -0.161. The number of nitrogens with one attached hydrogen (secondary N) is 2. The molecule has 0 atom stereocenters. The molecule has 7 heterocycles. The number of alkyl halides is 6. The molecule has 290 valence electrons. The number of carbonyl (C=O) groups excluding carboxylic acids is 1. The molecule has 5 aromatic rings. The van der Waals surface area contributed by atoms with E-state index in [9.17, 15) is 31.1 Å². The number of aromatic nitrogens is 3. The number of hydrogen-bond acceptors (Lipinski definition) is 9. The molecular formula is C39H33F6N7O4. The average Bonchev–Trinajstić information content (AvgIpc) is 3.16. The van der Waals surface area contributed by atoms with E-state index in [1.54, 1.807) is 42.5 Å². The highest BCUT2D eigenvalue weighted by atomic mass is 19.4. The summed E-state index contributed by atoms with van der Waals surface area (Å²) in [5, 5.41) is 5.87. The number of fused-ring (bicyclic) bond motifs is 2. The summed E-state index contributed by atoms with van der Waals surface area (Å²) < 4.78 is 94.3. The van der Waals surface area contributed by atoms with Gasteiger partial charge in [0.25, 0.3) is 0 Å². The lowest BCUT2D eigenvalue weighted by Gasteiger charge is -2.55. The largest absolute Gasteiger partial charge is 0.488 e. The van der Waals surface area contributed by atoms with Crippen molar-refractivity contribution in [1.29, 1.82) is 0 Å². The van der Waals surface area contributed by atoms with Crippen LogP contribution in [0.4, 0.5) is 54.4 Å². The molecule has 0 saturated carbocycles. The molecule has 2 amide bonds. The number of hydrogen-bond donors (Lipinski definition) is 2. The lowest BCUT2D eigenvalue weighted by Crippen LogP contribution is -2.68. The molecule has 0 bridgehead atoms. The van der Waals surface area contributed by atoms with Crippen LogP contribution in [0.5, 0.6) is 11.5 Å². The third kappa shape index (κ3) is 7.71. The van der Waals surface area contributed by atoms with Gasteiger partial charge in [0, 0.05) is 17.5 Å². The zero-order chi connectivity index (χ0) is 39.1. The molecule has 2 fully saturated rings. The van der Waals surface area contributed by atoms with Gasteiger partial charge < -0.3 is 24.4 Å². The molecule has 17 heteroatoms. The SMILES string of the molecule is FC(F)(F)c1cccc(-c2ccc3c(n2)NCCO3)c1.O=C(Nc1cccc(N2CC3(CCO3)C2)n1)N1CCOc2ccc(-c3cccc(C(F)(F)F)c3)nc21. The fourth-order valence-corrected chi connectivity index (χ4v) is 6.64. The van der Waals surface area contributed by atoms with Gasteiger partial charge >= 0.3 is 18.4 Å². The van der Waals surface area contributed by atoms with Crippen molar-refractivity contribution >= 4 is 29.3 Å². The molecule has 9 rings (SSSR count). The number of ether oxygens (including phenoxy) is 3. The van der Waals surface area contributed by atoms with Crippen LogP contribution in [0.25, 0.3) is 22.5 Å². The van der Waals surface area contributed by atoms with Crippen LogP contribution in [0, 0.1) is 0 Å². The van der Waals surface area contributed by atoms with E-state index in [2.05, 4.69) is 30.5 Å². The molecule has 56 heavy (non-hydrogen) atoms. The Balaban J connectivity index is 0.000000186. The number of benzene rings is 2. The number of pyridine rings is 3. The molecular weight excluding hydrogens is 744 g/mol. The smallest absolute Gasteiger partial charge is 0.416 e. The van der Waals surface area contributed by atoms with E-state index in [-0.39, 0.29) is 30.1 Å². The minimum Gasteiger partial charge on any atom is -0.488 e. The second-order valence-corrected chi connectivity index (χ2v) is 13.4. The number of halogens is 6. The summed E-state index contributed by atoms with van der Waals surface area (Å²) in [4.78, 5) is 30.0. The number of nitrogens with zero attached hydrogens (tertiary/aromatic N) is 5. The Kier molecular flexibility index (Phi) is 9.56. The number of amides is 2. The van der Waals surface area contributed by atoms with E-state index in [1.807, 2.05) is 12.1 Å². The van der Waals surface area contributed by atoms with Crippen LogP contribution in [0.2, 0.25) is 0 Å². The zero-order valence-electron chi connectivity index (χ0n) is 29.5. The highest BCUT2D eigenvalue weighted by Gasteiger charge is 2.49. The van der Waals surface area contributed by atoms with E-state index in [0.29, 0.717) is 53.2 Å². The zero-order valence-corrected chi connectivity index (χ0v) is 29.5. The predicted molar refractivity (Wildman–Crippen MR) is 195 cm³/mol. The van der Waals surface area contributed by atoms with Gasteiger partial charge in [-0.2, -0.15) is 26.3 Å². The maximum absolute atomic E-state index is 13.2. The first-order chi connectivity index (χ1) is 26.8. The third-order valence-electron chi connectivity index (χ3n) is 9.61. The summed E-state index contributed by atoms with van der Waals surface area (Å²) in [6.07, 6.45) is -7.78. The number of rotatable bonds is 4. The maximum Gasteiger partial charge on any atom is 0.416 e. The van der Waals surface area contributed by atoms with E-state index >= 15 is 0 Å². The Morgan fingerprint density at radius 2 is 1.36 bits per heavy atom. The number of anilines is 4. The first-order valence-corrected chi connectivity index (χ1v) is 17.6. The quantitative estimate of drug-likeness (QED) is 0.175. The summed E-state index contributed by atoms with van der Waals surface area (Å²) in [5.41, 5.74) is 0.000300. The highest BCUT2D eigenvalue weighted by Crippen LogP contribution is 2.39. The Hall–Kier alpha value is -6.10. The van der Waals surface area contributed by atoms with Crippen LogP contribution < -0.4 is 29.9 Å². The van der Waals surface area contributed by atoms with Gasteiger partial charge in [0.2, 0.25) is 0 Å². The Bertz CT molecular complexity index is 2260. The van der Waals surface area contributed by atoms with Gasteiger partial charge in [-0.15, -0.1) is 0 Å². The van der Waals surface area contributed by atoms with Crippen LogP contribution >= 0.6 is 0 Å². The van der Waals surface area contributed by atoms with Crippen LogP contribution in [0.15, 0.2) is 91.0 Å². The fourth-order valence-electron chi connectivity index (χ4n) is 6.64. The second-order valence-electron chi connectivity index (χ2n) is 13.4. The summed E-state index contributed by atoms with van der Waals surface area (Å²) in [5.74, 6) is 2.92. The second kappa shape index (κ2) is 14.5. The highest BCUT2D eigenvalue weighted by molar-refractivity contribution is 6.02. The third-order valence-corrected chi connectivity index (χ3v) is 9.61. The van der Waals surface area contributed by atoms with Crippen molar-refractivity contribution in [2.24, 2.45) is 0 Å². The van der Waals surface area contributed by atoms with Crippen LogP contribution in [-0.4, -0.2) is 72.6 Å². The van der Waals surface area contributed by atoms with Crippen LogP contribution in [0.3, 0.4) is 0 Å². The molecule has 0 unspecified atom stereocenters. The van der Waals surface area contributed by atoms with Crippen molar-refractivity contribution in [1.82, 2.24) is 15.0 Å². The molecule has 2 N–H and O–H groups in total. The molecule has 11 nitrogen and oxygen atoms in total. The van der Waals surface area contributed by atoms with Gasteiger partial charge in [-0.25, -0.2) is 19.7 Å². The van der Waals surface area contributed by atoms with Crippen LogP contribution in [0.1, 0.15) is 17.5 Å². The first-order valence-electron chi connectivity index (χ1n) is 17.6. The van der Waals surface area contributed by atoms with Crippen molar-refractivity contribution in [3.8, 4) is 34.0 Å². The Morgan fingerprint density at radius 3 is 2.00 bits per heavy atom. The van der Waals surface area contributed by atoms with E-state index in [1.165, 1.54) is 17.0 Å². The predicted octanol–water partition coefficient (Wildman–Crippen LogP) is 8.14. The summed E-state index contributed by atoms with van der Waals surface area (Å²) >= 11 is 0. The molecule has 4 aliphatic heterocycles. The van der Waals surface area contributed by atoms with Gasteiger partial charge in [-0.05, 0) is 60.7 Å². The molecule has 0 aliphatic carbocycles. The van der Waals surface area contributed by atoms with Gasteiger partial charge in [-0.3, -0.25) is 10.2 Å². The van der Waals surface area contributed by atoms with Crippen molar-refractivity contribution in [3.63, 3.8) is 0 Å². The van der Waals surface area contributed by atoms with Gasteiger partial charge in [0.05, 0.1) is 55.3 Å². The van der Waals surface area contributed by atoms with Gasteiger partial charge in [-0.1, -0.05) is 30.3 Å². The minimum atomic E-state index is -4.47. The molecule has 0 radical (unpaired) electrons. The summed E-state index contributed by atoms with van der Waals surface area (Å²) in [7, 11) is 0. The van der Waals surface area contributed by atoms with E-state index < -0.39 is 29.5 Å². The van der Waals surface area contributed by atoms with E-state index in [0.717, 1.165) is 56.2 Å². The first kappa shape index (κ1) is 36.9. The molecule has 2 saturated heterocycles. The fraction of sp³-hybridized carbons (Fsp3) is 0.282. The molecule has 4 aliphatic rings. The monoisotopic (exact) mass is 777 g/mol. The van der Waals surface area contributed by atoms with Gasteiger partial charge in [0.15, 0.2) is 23.1 Å². The van der Waals surface area contributed by atoms with Crippen molar-refractivity contribution < 1.29 is 45.3 Å². The van der Waals surface area contributed by atoms with Gasteiger partial charge in [0.1, 0.15) is 30.5 Å². The van der Waals surface area contributed by atoms with E-state index in [4.69, 9.17) is 14.2 Å².